The van der Waals surface area contributed by atoms with Crippen molar-refractivity contribution in [1.29, 1.82) is 0 Å². The van der Waals surface area contributed by atoms with Crippen molar-refractivity contribution in [3.8, 4) is 0 Å². The number of benzene rings is 1. The zero-order valence-electron chi connectivity index (χ0n) is 14.1. The van der Waals surface area contributed by atoms with Crippen LogP contribution in [0.1, 0.15) is 31.2 Å². The molecule has 0 aliphatic carbocycles. The van der Waals surface area contributed by atoms with Gasteiger partial charge in [0.05, 0.1) is 5.92 Å². The number of amides is 3. The van der Waals surface area contributed by atoms with E-state index in [1.165, 1.54) is 0 Å². The third kappa shape index (κ3) is 4.10. The third-order valence-electron chi connectivity index (χ3n) is 4.90. The van der Waals surface area contributed by atoms with Crippen LogP contribution < -0.4 is 10.2 Å². The zero-order chi connectivity index (χ0) is 17.8. The number of aliphatic carboxylic acids is 1. The molecule has 3 rings (SSSR count). The highest BCUT2D eigenvalue weighted by Crippen LogP contribution is 2.21. The van der Waals surface area contributed by atoms with Crippen LogP contribution in [0.15, 0.2) is 24.3 Å². The largest absolute Gasteiger partial charge is 0.481 e. The fourth-order valence-corrected chi connectivity index (χ4v) is 3.33. The van der Waals surface area contributed by atoms with Crippen molar-refractivity contribution < 1.29 is 19.5 Å². The van der Waals surface area contributed by atoms with Gasteiger partial charge in [0, 0.05) is 38.3 Å². The maximum absolute atomic E-state index is 12.2. The number of likely N-dealkylation sites (tertiary alicyclic amines) is 1. The van der Waals surface area contributed by atoms with Gasteiger partial charge in [0.15, 0.2) is 0 Å². The Bertz CT molecular complexity index is 651. The van der Waals surface area contributed by atoms with Crippen LogP contribution in [0.5, 0.6) is 0 Å². The Balaban J connectivity index is 1.48. The molecule has 0 radical (unpaired) electrons. The normalized spacial score (nSPS) is 18.5. The van der Waals surface area contributed by atoms with Crippen molar-refractivity contribution in [3.63, 3.8) is 0 Å². The second-order valence-electron chi connectivity index (χ2n) is 6.57. The quantitative estimate of drug-likeness (QED) is 0.871. The highest BCUT2D eigenvalue weighted by molar-refractivity contribution is 5.95. The minimum atomic E-state index is -0.781. The van der Waals surface area contributed by atoms with Crippen molar-refractivity contribution in [2.45, 2.75) is 32.2 Å². The van der Waals surface area contributed by atoms with Gasteiger partial charge in [-0.15, -0.1) is 0 Å². The highest BCUT2D eigenvalue weighted by atomic mass is 16.4. The summed E-state index contributed by atoms with van der Waals surface area (Å²) in [6, 6.07) is 7.48. The molecule has 3 amide bonds. The zero-order valence-corrected chi connectivity index (χ0v) is 14.1. The van der Waals surface area contributed by atoms with Crippen molar-refractivity contribution in [2.75, 3.05) is 24.5 Å². The summed E-state index contributed by atoms with van der Waals surface area (Å²) >= 11 is 0. The molecule has 2 fully saturated rings. The fourth-order valence-electron chi connectivity index (χ4n) is 3.33. The van der Waals surface area contributed by atoms with Gasteiger partial charge in [-0.25, -0.2) is 4.79 Å². The molecular formula is C18H23N3O4. The van der Waals surface area contributed by atoms with Crippen LogP contribution in [0, 0.1) is 5.92 Å². The van der Waals surface area contributed by atoms with Gasteiger partial charge in [0.25, 0.3) is 0 Å². The molecule has 25 heavy (non-hydrogen) atoms. The molecule has 7 heteroatoms. The summed E-state index contributed by atoms with van der Waals surface area (Å²) in [5.41, 5.74) is 1.86. The first kappa shape index (κ1) is 17.3. The first-order valence-corrected chi connectivity index (χ1v) is 8.69. The summed E-state index contributed by atoms with van der Waals surface area (Å²) in [5.74, 6) is -0.965. The number of anilines is 1. The Morgan fingerprint density at radius 3 is 2.36 bits per heavy atom. The monoisotopic (exact) mass is 345 g/mol. The number of hydrogen-bond acceptors (Lipinski definition) is 3. The molecule has 2 heterocycles. The molecule has 1 aromatic rings. The number of carboxylic acids is 1. The number of urea groups is 1. The van der Waals surface area contributed by atoms with Gasteiger partial charge in [-0.3, -0.25) is 9.59 Å². The standard InChI is InChI=1S/C18H23N3O4/c22-16-2-1-9-21(16)15-5-3-13(4-6-15)12-19-18(25)20-10-7-14(8-11-20)17(23)24/h3-6,14H,1-2,7-12H2,(H,19,25)(H,23,24). The molecule has 134 valence electrons. The maximum Gasteiger partial charge on any atom is 0.317 e. The average Bonchev–Trinajstić information content (AvgIpc) is 3.06. The number of hydrogen-bond donors (Lipinski definition) is 2. The molecule has 0 spiro atoms. The van der Waals surface area contributed by atoms with Crippen LogP contribution in [-0.2, 0) is 16.1 Å². The van der Waals surface area contributed by atoms with E-state index in [2.05, 4.69) is 5.32 Å². The van der Waals surface area contributed by atoms with Gasteiger partial charge >= 0.3 is 12.0 Å². The summed E-state index contributed by atoms with van der Waals surface area (Å²) in [4.78, 5) is 38.3. The number of rotatable bonds is 4. The van der Waals surface area contributed by atoms with Crippen molar-refractivity contribution in [1.82, 2.24) is 10.2 Å². The number of carbonyl (C=O) groups excluding carboxylic acids is 2. The van der Waals surface area contributed by atoms with Gasteiger partial charge in [-0.05, 0) is 37.0 Å². The van der Waals surface area contributed by atoms with Gasteiger partial charge in [0.2, 0.25) is 5.91 Å². The second-order valence-corrected chi connectivity index (χ2v) is 6.57. The predicted molar refractivity (Wildman–Crippen MR) is 92.2 cm³/mol. The second kappa shape index (κ2) is 7.55. The number of piperidine rings is 1. The van der Waals surface area contributed by atoms with Crippen molar-refractivity contribution >= 4 is 23.6 Å². The van der Waals surface area contributed by atoms with Gasteiger partial charge < -0.3 is 20.2 Å². The number of nitrogens with one attached hydrogen (secondary N) is 1. The minimum Gasteiger partial charge on any atom is -0.481 e. The molecule has 0 saturated carbocycles. The van der Waals surface area contributed by atoms with E-state index in [-0.39, 0.29) is 17.9 Å². The smallest absolute Gasteiger partial charge is 0.317 e. The van der Waals surface area contributed by atoms with E-state index in [4.69, 9.17) is 5.11 Å². The molecule has 0 atom stereocenters. The molecule has 1 aromatic carbocycles. The topological polar surface area (TPSA) is 89.9 Å². The van der Waals surface area contributed by atoms with Gasteiger partial charge in [-0.2, -0.15) is 0 Å². The molecular weight excluding hydrogens is 322 g/mol. The van der Waals surface area contributed by atoms with Crippen LogP contribution in [0.25, 0.3) is 0 Å². The predicted octanol–water partition coefficient (Wildman–Crippen LogP) is 1.82. The Kier molecular flexibility index (Phi) is 5.21. The van der Waals surface area contributed by atoms with E-state index in [0.29, 0.717) is 38.9 Å². The highest BCUT2D eigenvalue weighted by Gasteiger charge is 2.26. The van der Waals surface area contributed by atoms with E-state index in [1.54, 1.807) is 9.80 Å². The Hall–Kier alpha value is -2.57. The van der Waals surface area contributed by atoms with Crippen LogP contribution in [0.2, 0.25) is 0 Å². The van der Waals surface area contributed by atoms with Crippen LogP contribution >= 0.6 is 0 Å². The summed E-state index contributed by atoms with van der Waals surface area (Å²) in [6.45, 7) is 2.12. The van der Waals surface area contributed by atoms with Gasteiger partial charge in [-0.1, -0.05) is 12.1 Å². The van der Waals surface area contributed by atoms with Gasteiger partial charge in [0.1, 0.15) is 0 Å². The SMILES string of the molecule is O=C(O)C1CCN(C(=O)NCc2ccc(N3CCCC3=O)cc2)CC1. The van der Waals surface area contributed by atoms with E-state index in [0.717, 1.165) is 24.2 Å². The lowest BCUT2D eigenvalue weighted by molar-refractivity contribution is -0.143. The Morgan fingerprint density at radius 2 is 1.80 bits per heavy atom. The summed E-state index contributed by atoms with van der Waals surface area (Å²) < 4.78 is 0. The minimum absolute atomic E-state index is 0.158. The summed E-state index contributed by atoms with van der Waals surface area (Å²) in [7, 11) is 0. The molecule has 0 bridgehead atoms. The molecule has 0 aromatic heterocycles. The first-order chi connectivity index (χ1) is 12.0. The summed E-state index contributed by atoms with van der Waals surface area (Å²) in [5, 5.41) is 11.9. The lowest BCUT2D eigenvalue weighted by Gasteiger charge is -2.30. The molecule has 0 unspecified atom stereocenters. The van der Waals surface area contributed by atoms with Crippen LogP contribution in [0.4, 0.5) is 10.5 Å². The maximum atomic E-state index is 12.2. The lowest BCUT2D eigenvalue weighted by Crippen LogP contribution is -2.45. The van der Waals surface area contributed by atoms with Crippen LogP contribution in [0.3, 0.4) is 0 Å². The van der Waals surface area contributed by atoms with Crippen molar-refractivity contribution in [3.05, 3.63) is 29.8 Å². The first-order valence-electron chi connectivity index (χ1n) is 8.69. The molecule has 2 aliphatic rings. The number of carboxylic acid groups (broad SMARTS) is 1. The van der Waals surface area contributed by atoms with E-state index < -0.39 is 5.97 Å². The third-order valence-corrected chi connectivity index (χ3v) is 4.90. The number of nitrogens with zero attached hydrogens (tertiary/aromatic N) is 2. The molecule has 2 N–H and O–H groups in total. The Labute approximate surface area is 146 Å². The lowest BCUT2D eigenvalue weighted by atomic mass is 9.97. The summed E-state index contributed by atoms with van der Waals surface area (Å²) in [6.07, 6.45) is 2.51. The average molecular weight is 345 g/mol. The fraction of sp³-hybridized carbons (Fsp3) is 0.500. The molecule has 2 aliphatic heterocycles. The molecule has 7 nitrogen and oxygen atoms in total. The van der Waals surface area contributed by atoms with E-state index >= 15 is 0 Å². The van der Waals surface area contributed by atoms with Crippen molar-refractivity contribution in [2.24, 2.45) is 5.92 Å². The van der Waals surface area contributed by atoms with E-state index in [9.17, 15) is 14.4 Å². The number of carbonyl (C=O) groups is 3. The molecule has 2 saturated heterocycles. The Morgan fingerprint density at radius 1 is 1.12 bits per heavy atom. The van der Waals surface area contributed by atoms with Crippen LogP contribution in [-0.4, -0.2) is 47.5 Å². The van der Waals surface area contributed by atoms with E-state index in [1.807, 2.05) is 24.3 Å².